The summed E-state index contributed by atoms with van der Waals surface area (Å²) in [7, 11) is 2.27. The Balaban J connectivity index is 1.65. The van der Waals surface area contributed by atoms with E-state index < -0.39 is 0 Å². The number of nitrogens with one attached hydrogen (secondary N) is 1. The topological polar surface area (TPSA) is 15.3 Å². The molecule has 2 rings (SSSR count). The van der Waals surface area contributed by atoms with Gasteiger partial charge in [0, 0.05) is 30.1 Å². The molecular weight excluding hydrogens is 216 g/mol. The van der Waals surface area contributed by atoms with E-state index in [1.807, 2.05) is 11.3 Å². The van der Waals surface area contributed by atoms with Gasteiger partial charge >= 0.3 is 0 Å². The summed E-state index contributed by atoms with van der Waals surface area (Å²) in [6.07, 6.45) is 4.21. The Labute approximate surface area is 103 Å². The van der Waals surface area contributed by atoms with E-state index in [0.29, 0.717) is 6.04 Å². The van der Waals surface area contributed by atoms with Gasteiger partial charge < -0.3 is 5.32 Å². The van der Waals surface area contributed by atoms with Crippen LogP contribution in [0.25, 0.3) is 0 Å². The van der Waals surface area contributed by atoms with Gasteiger partial charge in [0.2, 0.25) is 0 Å². The van der Waals surface area contributed by atoms with E-state index in [1.165, 1.54) is 24.1 Å². The van der Waals surface area contributed by atoms with Crippen LogP contribution in [0.15, 0.2) is 17.5 Å². The van der Waals surface area contributed by atoms with Crippen LogP contribution in [0.3, 0.4) is 0 Å². The fourth-order valence-electron chi connectivity index (χ4n) is 2.12. The maximum absolute atomic E-state index is 3.54. The molecule has 0 radical (unpaired) electrons. The first-order chi connectivity index (χ1) is 7.77. The lowest BCUT2D eigenvalue weighted by Gasteiger charge is -2.38. The van der Waals surface area contributed by atoms with Gasteiger partial charge in [0.1, 0.15) is 0 Å². The van der Waals surface area contributed by atoms with Gasteiger partial charge in [0.25, 0.3) is 0 Å². The first-order valence-electron chi connectivity index (χ1n) is 6.22. The van der Waals surface area contributed by atoms with E-state index in [4.69, 9.17) is 0 Å². The summed E-state index contributed by atoms with van der Waals surface area (Å²) in [6.45, 7) is 4.42. The minimum absolute atomic E-state index is 0.644. The highest BCUT2D eigenvalue weighted by molar-refractivity contribution is 7.09. The summed E-state index contributed by atoms with van der Waals surface area (Å²) in [5.74, 6) is 0. The summed E-state index contributed by atoms with van der Waals surface area (Å²) in [6, 6.07) is 5.80. The van der Waals surface area contributed by atoms with Gasteiger partial charge in [-0.25, -0.2) is 0 Å². The summed E-state index contributed by atoms with van der Waals surface area (Å²) in [5.41, 5.74) is 0. The summed E-state index contributed by atoms with van der Waals surface area (Å²) >= 11 is 1.83. The van der Waals surface area contributed by atoms with Gasteiger partial charge in [-0.3, -0.25) is 4.90 Å². The van der Waals surface area contributed by atoms with Crippen molar-refractivity contribution in [3.63, 3.8) is 0 Å². The lowest BCUT2D eigenvalue weighted by molar-refractivity contribution is 0.117. The largest absolute Gasteiger partial charge is 0.310 e. The summed E-state index contributed by atoms with van der Waals surface area (Å²) in [5, 5.41) is 5.68. The van der Waals surface area contributed by atoms with Crippen molar-refractivity contribution in [1.29, 1.82) is 0 Å². The van der Waals surface area contributed by atoms with Crippen LogP contribution in [-0.4, -0.2) is 30.6 Å². The highest BCUT2D eigenvalue weighted by Crippen LogP contribution is 2.24. The van der Waals surface area contributed by atoms with Crippen LogP contribution >= 0.6 is 11.3 Å². The molecule has 1 unspecified atom stereocenters. The number of hydrogen-bond acceptors (Lipinski definition) is 3. The monoisotopic (exact) mass is 238 g/mol. The molecule has 0 aromatic carbocycles. The smallest absolute Gasteiger partial charge is 0.0300 e. The van der Waals surface area contributed by atoms with Crippen LogP contribution in [-0.2, 0) is 6.54 Å². The number of rotatable bonds is 6. The van der Waals surface area contributed by atoms with Crippen molar-refractivity contribution < 1.29 is 0 Å². The normalized spacial score (nSPS) is 18.7. The molecule has 1 atom stereocenters. The Kier molecular flexibility index (Phi) is 4.38. The Morgan fingerprint density at radius 2 is 2.38 bits per heavy atom. The van der Waals surface area contributed by atoms with Gasteiger partial charge in [-0.2, -0.15) is 0 Å². The van der Waals surface area contributed by atoms with E-state index in [9.17, 15) is 0 Å². The van der Waals surface area contributed by atoms with Crippen LogP contribution in [0, 0.1) is 0 Å². The zero-order chi connectivity index (χ0) is 11.4. The van der Waals surface area contributed by atoms with Gasteiger partial charge in [-0.15, -0.1) is 11.3 Å². The fourth-order valence-corrected chi connectivity index (χ4v) is 2.79. The molecular formula is C13H22N2S. The van der Waals surface area contributed by atoms with Crippen molar-refractivity contribution in [3.8, 4) is 0 Å². The standard InChI is InChI=1S/C13H22N2S/c1-11(15(2)12-5-3-6-12)9-14-10-13-7-4-8-16-13/h4,7-8,11-12,14H,3,5-6,9-10H2,1-2H3. The molecule has 0 aliphatic heterocycles. The van der Waals surface area contributed by atoms with Crippen LogP contribution in [0.2, 0.25) is 0 Å². The quantitative estimate of drug-likeness (QED) is 0.820. The first kappa shape index (κ1) is 12.1. The number of likely N-dealkylation sites (N-methyl/N-ethyl adjacent to an activating group) is 1. The molecule has 16 heavy (non-hydrogen) atoms. The van der Waals surface area contributed by atoms with Crippen molar-refractivity contribution in [2.75, 3.05) is 13.6 Å². The first-order valence-corrected chi connectivity index (χ1v) is 7.10. The van der Waals surface area contributed by atoms with E-state index in [0.717, 1.165) is 19.1 Å². The molecule has 0 saturated heterocycles. The fraction of sp³-hybridized carbons (Fsp3) is 0.692. The van der Waals surface area contributed by atoms with Crippen LogP contribution in [0.5, 0.6) is 0 Å². The molecule has 0 spiro atoms. The molecule has 1 aromatic heterocycles. The molecule has 1 aliphatic carbocycles. The number of nitrogens with zero attached hydrogens (tertiary/aromatic N) is 1. The van der Waals surface area contributed by atoms with Crippen molar-refractivity contribution in [2.24, 2.45) is 0 Å². The maximum Gasteiger partial charge on any atom is 0.0300 e. The van der Waals surface area contributed by atoms with Gasteiger partial charge in [0.05, 0.1) is 0 Å². The molecule has 1 heterocycles. The highest BCUT2D eigenvalue weighted by atomic mass is 32.1. The van der Waals surface area contributed by atoms with Crippen molar-refractivity contribution >= 4 is 11.3 Å². The van der Waals surface area contributed by atoms with Crippen molar-refractivity contribution in [2.45, 2.75) is 44.8 Å². The average Bonchev–Trinajstić information content (AvgIpc) is 2.67. The average molecular weight is 238 g/mol. The van der Waals surface area contributed by atoms with Gasteiger partial charge in [-0.05, 0) is 38.3 Å². The Morgan fingerprint density at radius 3 is 2.94 bits per heavy atom. The Morgan fingerprint density at radius 1 is 1.56 bits per heavy atom. The minimum atomic E-state index is 0.644. The Hall–Kier alpha value is -0.380. The molecule has 1 N–H and O–H groups in total. The summed E-state index contributed by atoms with van der Waals surface area (Å²) < 4.78 is 0. The van der Waals surface area contributed by atoms with Crippen LogP contribution < -0.4 is 5.32 Å². The lowest BCUT2D eigenvalue weighted by Crippen LogP contribution is -2.46. The van der Waals surface area contributed by atoms with E-state index in [2.05, 4.69) is 41.7 Å². The van der Waals surface area contributed by atoms with E-state index in [1.54, 1.807) is 0 Å². The molecule has 3 heteroatoms. The third-order valence-electron chi connectivity index (χ3n) is 3.66. The zero-order valence-corrected chi connectivity index (χ0v) is 11.1. The lowest BCUT2D eigenvalue weighted by atomic mass is 9.91. The predicted octanol–water partition coefficient (Wildman–Crippen LogP) is 2.71. The predicted molar refractivity (Wildman–Crippen MR) is 70.9 cm³/mol. The minimum Gasteiger partial charge on any atom is -0.310 e. The molecule has 2 nitrogen and oxygen atoms in total. The number of hydrogen-bond donors (Lipinski definition) is 1. The molecule has 1 saturated carbocycles. The molecule has 1 fully saturated rings. The van der Waals surface area contributed by atoms with Crippen LogP contribution in [0.1, 0.15) is 31.1 Å². The SMILES string of the molecule is CC(CNCc1cccs1)N(C)C1CCC1. The summed E-state index contributed by atoms with van der Waals surface area (Å²) in [4.78, 5) is 3.96. The van der Waals surface area contributed by atoms with Gasteiger partial charge in [-0.1, -0.05) is 12.5 Å². The van der Waals surface area contributed by atoms with E-state index in [-0.39, 0.29) is 0 Å². The zero-order valence-electron chi connectivity index (χ0n) is 10.3. The molecule has 1 aliphatic rings. The second kappa shape index (κ2) is 5.80. The molecule has 0 bridgehead atoms. The van der Waals surface area contributed by atoms with Crippen molar-refractivity contribution in [3.05, 3.63) is 22.4 Å². The van der Waals surface area contributed by atoms with Crippen molar-refractivity contribution in [1.82, 2.24) is 10.2 Å². The Bertz CT molecular complexity index is 293. The molecule has 0 amide bonds. The van der Waals surface area contributed by atoms with Crippen LogP contribution in [0.4, 0.5) is 0 Å². The molecule has 90 valence electrons. The second-order valence-electron chi connectivity index (χ2n) is 4.81. The highest BCUT2D eigenvalue weighted by Gasteiger charge is 2.24. The third-order valence-corrected chi connectivity index (χ3v) is 4.54. The van der Waals surface area contributed by atoms with E-state index >= 15 is 0 Å². The second-order valence-corrected chi connectivity index (χ2v) is 5.84. The third kappa shape index (κ3) is 3.06. The van der Waals surface area contributed by atoms with Gasteiger partial charge in [0.15, 0.2) is 0 Å². The molecule has 1 aromatic rings. The maximum atomic E-state index is 3.54. The number of thiophene rings is 1.